The van der Waals surface area contributed by atoms with Gasteiger partial charge in [0, 0.05) is 13.1 Å². The van der Waals surface area contributed by atoms with Gasteiger partial charge in [-0.25, -0.2) is 8.42 Å². The molecule has 0 amide bonds. The number of sulfonamides is 1. The Labute approximate surface area is 121 Å². The molecule has 0 aromatic heterocycles. The zero-order chi connectivity index (χ0) is 13.2. The molecule has 108 valence electrons. The van der Waals surface area contributed by atoms with Crippen LogP contribution in [0.5, 0.6) is 0 Å². The van der Waals surface area contributed by atoms with E-state index in [9.17, 15) is 8.42 Å². The number of aryl methyl sites for hydroxylation is 1. The lowest BCUT2D eigenvalue weighted by atomic mass is 10.0. The topological polar surface area (TPSA) is 63.4 Å². The highest BCUT2D eigenvalue weighted by molar-refractivity contribution is 7.89. The molecule has 0 bridgehead atoms. The van der Waals surface area contributed by atoms with Crippen molar-refractivity contribution in [1.29, 1.82) is 0 Å². The van der Waals surface area contributed by atoms with Gasteiger partial charge in [0.25, 0.3) is 0 Å². The van der Waals surface area contributed by atoms with Crippen molar-refractivity contribution in [3.63, 3.8) is 0 Å². The van der Waals surface area contributed by atoms with Crippen molar-refractivity contribution in [3.05, 3.63) is 29.8 Å². The average molecular weight is 305 g/mol. The molecule has 6 heteroatoms. The SMILES string of the molecule is Cc1ccc(S(=O)(=O)N2CCCC(CN)C2)cc1.Cl. The summed E-state index contributed by atoms with van der Waals surface area (Å²) < 4.78 is 26.5. The van der Waals surface area contributed by atoms with Crippen molar-refractivity contribution in [2.24, 2.45) is 11.7 Å². The number of nitrogens with two attached hydrogens (primary N) is 1. The second-order valence-electron chi connectivity index (χ2n) is 4.92. The summed E-state index contributed by atoms with van der Waals surface area (Å²) in [6.45, 7) is 3.65. The predicted molar refractivity (Wildman–Crippen MR) is 79.0 cm³/mol. The van der Waals surface area contributed by atoms with Gasteiger partial charge in [-0.3, -0.25) is 0 Å². The lowest BCUT2D eigenvalue weighted by molar-refractivity contribution is 0.271. The fourth-order valence-corrected chi connectivity index (χ4v) is 3.85. The summed E-state index contributed by atoms with van der Waals surface area (Å²) in [7, 11) is -3.34. The van der Waals surface area contributed by atoms with Gasteiger partial charge in [-0.15, -0.1) is 12.4 Å². The number of halogens is 1. The Balaban J connectivity index is 0.00000180. The molecule has 1 aliphatic heterocycles. The molecular formula is C13H21ClN2O2S. The summed E-state index contributed by atoms with van der Waals surface area (Å²) >= 11 is 0. The number of hydrogen-bond acceptors (Lipinski definition) is 3. The van der Waals surface area contributed by atoms with Gasteiger partial charge >= 0.3 is 0 Å². The highest BCUT2D eigenvalue weighted by Gasteiger charge is 2.29. The smallest absolute Gasteiger partial charge is 0.243 e. The Bertz CT molecular complexity index is 502. The fourth-order valence-electron chi connectivity index (χ4n) is 2.30. The molecule has 0 saturated carbocycles. The van der Waals surface area contributed by atoms with Crippen molar-refractivity contribution < 1.29 is 8.42 Å². The zero-order valence-electron chi connectivity index (χ0n) is 11.1. The van der Waals surface area contributed by atoms with E-state index in [2.05, 4.69) is 0 Å². The van der Waals surface area contributed by atoms with E-state index >= 15 is 0 Å². The minimum atomic E-state index is -3.34. The van der Waals surface area contributed by atoms with E-state index < -0.39 is 10.0 Å². The molecule has 0 spiro atoms. The van der Waals surface area contributed by atoms with Crippen LogP contribution in [-0.4, -0.2) is 32.4 Å². The maximum atomic E-state index is 12.4. The minimum absolute atomic E-state index is 0. The molecule has 2 rings (SSSR count). The van der Waals surface area contributed by atoms with Gasteiger partial charge in [-0.2, -0.15) is 4.31 Å². The molecule has 1 aliphatic rings. The van der Waals surface area contributed by atoms with Gasteiger partial charge in [0.2, 0.25) is 10.0 Å². The number of nitrogens with zero attached hydrogens (tertiary/aromatic N) is 1. The third-order valence-corrected chi connectivity index (χ3v) is 5.35. The largest absolute Gasteiger partial charge is 0.330 e. The van der Waals surface area contributed by atoms with Crippen LogP contribution < -0.4 is 5.73 Å². The first kappa shape index (κ1) is 16.4. The summed E-state index contributed by atoms with van der Waals surface area (Å²) in [4.78, 5) is 0.380. The predicted octanol–water partition coefficient (Wildman–Crippen LogP) is 1.78. The van der Waals surface area contributed by atoms with E-state index in [0.717, 1.165) is 18.4 Å². The number of rotatable bonds is 3. The summed E-state index contributed by atoms with van der Waals surface area (Å²) in [5, 5.41) is 0. The highest BCUT2D eigenvalue weighted by atomic mass is 35.5. The number of piperidine rings is 1. The van der Waals surface area contributed by atoms with Gasteiger partial charge in [0.1, 0.15) is 0 Å². The van der Waals surface area contributed by atoms with Gasteiger partial charge in [0.15, 0.2) is 0 Å². The maximum absolute atomic E-state index is 12.4. The minimum Gasteiger partial charge on any atom is -0.330 e. The van der Waals surface area contributed by atoms with Crippen LogP contribution >= 0.6 is 12.4 Å². The standard InChI is InChI=1S/C13H20N2O2S.ClH/c1-11-4-6-13(7-5-11)18(16,17)15-8-2-3-12(9-14)10-15;/h4-7,12H,2-3,8-10,14H2,1H3;1H. The molecule has 1 aromatic carbocycles. The van der Waals surface area contributed by atoms with Crippen LogP contribution in [0.2, 0.25) is 0 Å². The molecular weight excluding hydrogens is 284 g/mol. The maximum Gasteiger partial charge on any atom is 0.243 e. The molecule has 1 heterocycles. The second-order valence-corrected chi connectivity index (χ2v) is 6.86. The van der Waals surface area contributed by atoms with E-state index in [1.807, 2.05) is 19.1 Å². The molecule has 0 aliphatic carbocycles. The summed E-state index contributed by atoms with van der Waals surface area (Å²) in [5.74, 6) is 0.291. The molecule has 4 nitrogen and oxygen atoms in total. The van der Waals surface area contributed by atoms with Gasteiger partial charge in [0.05, 0.1) is 4.90 Å². The number of hydrogen-bond donors (Lipinski definition) is 1. The van der Waals surface area contributed by atoms with Crippen LogP contribution in [0.3, 0.4) is 0 Å². The molecule has 2 N–H and O–H groups in total. The average Bonchev–Trinajstić information content (AvgIpc) is 2.39. The van der Waals surface area contributed by atoms with Crippen molar-refractivity contribution in [3.8, 4) is 0 Å². The van der Waals surface area contributed by atoms with E-state index in [4.69, 9.17) is 5.73 Å². The molecule has 1 aromatic rings. The second kappa shape index (κ2) is 6.70. The van der Waals surface area contributed by atoms with Crippen LogP contribution in [0, 0.1) is 12.8 Å². The van der Waals surface area contributed by atoms with E-state index in [1.165, 1.54) is 0 Å². The Morgan fingerprint density at radius 1 is 1.32 bits per heavy atom. The van der Waals surface area contributed by atoms with Crippen molar-refractivity contribution in [2.75, 3.05) is 19.6 Å². The number of benzene rings is 1. The summed E-state index contributed by atoms with van der Waals surface area (Å²) in [6.07, 6.45) is 1.92. The van der Waals surface area contributed by atoms with Gasteiger partial charge in [-0.1, -0.05) is 17.7 Å². The highest BCUT2D eigenvalue weighted by Crippen LogP contribution is 2.23. The van der Waals surface area contributed by atoms with Gasteiger partial charge < -0.3 is 5.73 Å². The van der Waals surface area contributed by atoms with Crippen LogP contribution in [0.1, 0.15) is 18.4 Å². The molecule has 1 atom stereocenters. The third kappa shape index (κ3) is 3.69. The van der Waals surface area contributed by atoms with Gasteiger partial charge in [-0.05, 0) is 44.4 Å². The third-order valence-electron chi connectivity index (χ3n) is 3.47. The normalized spacial score (nSPS) is 20.8. The van der Waals surface area contributed by atoms with E-state index in [0.29, 0.717) is 30.4 Å². The van der Waals surface area contributed by atoms with Crippen molar-refractivity contribution in [2.45, 2.75) is 24.7 Å². The van der Waals surface area contributed by atoms with E-state index in [1.54, 1.807) is 16.4 Å². The van der Waals surface area contributed by atoms with Crippen LogP contribution in [0.15, 0.2) is 29.2 Å². The Hall–Kier alpha value is -0.620. The lowest BCUT2D eigenvalue weighted by Gasteiger charge is -2.31. The molecule has 1 fully saturated rings. The summed E-state index contributed by atoms with van der Waals surface area (Å²) in [5.41, 5.74) is 6.71. The van der Waals surface area contributed by atoms with Crippen LogP contribution in [-0.2, 0) is 10.0 Å². The first-order valence-electron chi connectivity index (χ1n) is 6.31. The Morgan fingerprint density at radius 3 is 2.53 bits per heavy atom. The zero-order valence-corrected chi connectivity index (χ0v) is 12.7. The fraction of sp³-hybridized carbons (Fsp3) is 0.538. The van der Waals surface area contributed by atoms with Crippen LogP contribution in [0.25, 0.3) is 0 Å². The molecule has 1 saturated heterocycles. The Kier molecular flexibility index (Phi) is 5.80. The first-order valence-corrected chi connectivity index (χ1v) is 7.75. The Morgan fingerprint density at radius 2 is 1.95 bits per heavy atom. The van der Waals surface area contributed by atoms with Crippen LogP contribution in [0.4, 0.5) is 0 Å². The summed E-state index contributed by atoms with van der Waals surface area (Å²) in [6, 6.07) is 7.02. The quantitative estimate of drug-likeness (QED) is 0.926. The molecule has 19 heavy (non-hydrogen) atoms. The van der Waals surface area contributed by atoms with E-state index in [-0.39, 0.29) is 12.4 Å². The first-order chi connectivity index (χ1) is 8.54. The van der Waals surface area contributed by atoms with Crippen molar-refractivity contribution >= 4 is 22.4 Å². The molecule has 0 radical (unpaired) electrons. The lowest BCUT2D eigenvalue weighted by Crippen LogP contribution is -2.41. The monoisotopic (exact) mass is 304 g/mol. The van der Waals surface area contributed by atoms with Crippen molar-refractivity contribution in [1.82, 2.24) is 4.31 Å². The molecule has 1 unspecified atom stereocenters.